The summed E-state index contributed by atoms with van der Waals surface area (Å²) in [6, 6.07) is 19.9. The molecule has 11 heteroatoms. The molecule has 3 aromatic carbocycles. The third-order valence-corrected chi connectivity index (χ3v) is 8.80. The van der Waals surface area contributed by atoms with Crippen molar-refractivity contribution in [3.05, 3.63) is 101 Å². The van der Waals surface area contributed by atoms with E-state index in [1.807, 2.05) is 40.1 Å². The molecule has 3 aromatic rings. The van der Waals surface area contributed by atoms with Crippen LogP contribution in [0.15, 0.2) is 78.9 Å². The fourth-order valence-corrected chi connectivity index (χ4v) is 6.30. The second kappa shape index (κ2) is 11.3. The van der Waals surface area contributed by atoms with Gasteiger partial charge in [-0.3, -0.25) is 14.5 Å². The number of nitrogens with one attached hydrogen (secondary N) is 1. The summed E-state index contributed by atoms with van der Waals surface area (Å²) in [5.41, 5.74) is -3.49. The quantitative estimate of drug-likeness (QED) is 0.311. The van der Waals surface area contributed by atoms with Crippen LogP contribution in [0.3, 0.4) is 0 Å². The first-order valence-corrected chi connectivity index (χ1v) is 14.0. The minimum Gasteiger partial charge on any atom is -0.339 e. The number of nitrogens with zero attached hydrogens (tertiary/aromatic N) is 2. The highest BCUT2D eigenvalue weighted by Gasteiger charge is 2.53. The van der Waals surface area contributed by atoms with Crippen molar-refractivity contribution >= 4 is 17.4 Å². The van der Waals surface area contributed by atoms with Gasteiger partial charge in [-0.25, -0.2) is 0 Å². The van der Waals surface area contributed by atoms with Gasteiger partial charge in [0.2, 0.25) is 5.91 Å². The van der Waals surface area contributed by atoms with Gasteiger partial charge in [-0.1, -0.05) is 48.5 Å². The highest BCUT2D eigenvalue weighted by molar-refractivity contribution is 5.94. The molecule has 2 fully saturated rings. The number of ketones is 1. The van der Waals surface area contributed by atoms with Gasteiger partial charge in [0.15, 0.2) is 5.78 Å². The summed E-state index contributed by atoms with van der Waals surface area (Å²) < 4.78 is 80.4. The van der Waals surface area contributed by atoms with Gasteiger partial charge < -0.3 is 10.2 Å². The molecule has 2 heterocycles. The number of benzene rings is 3. The van der Waals surface area contributed by atoms with Crippen LogP contribution in [0.4, 0.5) is 32.0 Å². The third kappa shape index (κ3) is 5.87. The number of Topliss-reactive ketones (excluding diaryl/α,β-unsaturated/α-hetero) is 1. The number of carbonyl (C=O) groups excluding carboxylic acids is 2. The Labute approximate surface area is 245 Å². The minimum absolute atomic E-state index is 0.0842. The molecule has 2 aliphatic heterocycles. The van der Waals surface area contributed by atoms with Crippen LogP contribution in [0, 0.1) is 0 Å². The Hall–Kier alpha value is -3.86. The molecule has 2 saturated heterocycles. The van der Waals surface area contributed by atoms with Crippen molar-refractivity contribution in [3.63, 3.8) is 0 Å². The van der Waals surface area contributed by atoms with Crippen molar-refractivity contribution in [1.82, 2.24) is 10.2 Å². The maximum atomic E-state index is 14.0. The van der Waals surface area contributed by atoms with Crippen LogP contribution in [-0.4, -0.2) is 41.9 Å². The van der Waals surface area contributed by atoms with Crippen LogP contribution in [0.2, 0.25) is 0 Å². The molecule has 1 unspecified atom stereocenters. The monoisotopic (exact) mass is 603 g/mol. The summed E-state index contributed by atoms with van der Waals surface area (Å²) >= 11 is 0. The Bertz CT molecular complexity index is 1440. The van der Waals surface area contributed by atoms with E-state index < -0.39 is 34.6 Å². The van der Waals surface area contributed by atoms with E-state index in [4.69, 9.17) is 0 Å². The number of carbonyl (C=O) groups is 2. The van der Waals surface area contributed by atoms with Gasteiger partial charge >= 0.3 is 12.4 Å². The molecule has 5 rings (SSSR count). The van der Waals surface area contributed by atoms with Crippen molar-refractivity contribution in [1.29, 1.82) is 0 Å². The number of rotatable bonds is 7. The smallest absolute Gasteiger partial charge is 0.339 e. The van der Waals surface area contributed by atoms with Crippen LogP contribution in [0.25, 0.3) is 0 Å². The molecule has 1 atom stereocenters. The lowest BCUT2D eigenvalue weighted by Gasteiger charge is -2.49. The predicted octanol–water partition coefficient (Wildman–Crippen LogP) is 6.57. The summed E-state index contributed by atoms with van der Waals surface area (Å²) in [5.74, 6) is -0.426. The van der Waals surface area contributed by atoms with Crippen LogP contribution in [0.1, 0.15) is 48.4 Å². The van der Waals surface area contributed by atoms with Gasteiger partial charge in [-0.2, -0.15) is 26.3 Å². The molecular weight excluding hydrogens is 572 g/mol. The van der Waals surface area contributed by atoms with Gasteiger partial charge in [0, 0.05) is 25.2 Å². The van der Waals surface area contributed by atoms with E-state index in [9.17, 15) is 35.9 Å². The lowest BCUT2D eigenvalue weighted by atomic mass is 9.78. The number of anilines is 1. The number of alkyl halides is 6. The molecule has 0 bridgehead atoms. The second-order valence-corrected chi connectivity index (χ2v) is 11.2. The van der Waals surface area contributed by atoms with Crippen LogP contribution in [0.5, 0.6) is 0 Å². The number of amides is 1. The Morgan fingerprint density at radius 2 is 1.35 bits per heavy atom. The van der Waals surface area contributed by atoms with E-state index >= 15 is 0 Å². The molecule has 0 aliphatic carbocycles. The maximum absolute atomic E-state index is 14.0. The Balaban J connectivity index is 1.40. The van der Waals surface area contributed by atoms with Gasteiger partial charge in [-0.15, -0.1) is 0 Å². The van der Waals surface area contributed by atoms with Crippen molar-refractivity contribution in [2.45, 2.75) is 56.0 Å². The molecule has 0 saturated carbocycles. The van der Waals surface area contributed by atoms with E-state index in [-0.39, 0.29) is 36.2 Å². The molecule has 228 valence electrons. The summed E-state index contributed by atoms with van der Waals surface area (Å²) in [7, 11) is 0. The number of hydrogen-bond acceptors (Lipinski definition) is 4. The van der Waals surface area contributed by atoms with Crippen molar-refractivity contribution in [2.24, 2.45) is 0 Å². The van der Waals surface area contributed by atoms with E-state index in [2.05, 4.69) is 5.32 Å². The zero-order valence-electron chi connectivity index (χ0n) is 23.4. The zero-order valence-corrected chi connectivity index (χ0v) is 23.4. The van der Waals surface area contributed by atoms with E-state index in [1.54, 1.807) is 37.3 Å². The molecule has 0 radical (unpaired) electrons. The Morgan fingerprint density at radius 1 is 0.814 bits per heavy atom. The molecule has 0 aromatic heterocycles. The highest BCUT2D eigenvalue weighted by Crippen LogP contribution is 2.41. The summed E-state index contributed by atoms with van der Waals surface area (Å²) in [6.07, 6.45) is -9.67. The summed E-state index contributed by atoms with van der Waals surface area (Å²) in [5, 5.41) is 2.95. The zero-order chi connectivity index (χ0) is 31.0. The van der Waals surface area contributed by atoms with Gasteiger partial charge in [0.25, 0.3) is 0 Å². The van der Waals surface area contributed by atoms with Gasteiger partial charge in [0.05, 0.1) is 17.8 Å². The first kappa shape index (κ1) is 30.6. The molecular formula is C32H31F6N3O2. The normalized spacial score (nSPS) is 18.9. The molecule has 5 nitrogen and oxygen atoms in total. The van der Waals surface area contributed by atoms with E-state index in [0.29, 0.717) is 50.3 Å². The molecule has 1 N–H and O–H groups in total. The standard InChI is InChI=1S/C32H31F6N3O2/c1-29(23-8-4-2-5-9-23,27(42)13-12-22-18-24(31(33,34)35)20-25(19-22)32(36,37)38)40-16-14-30(15-17-40)28(43)39-21-41(30)26-10-6-3-7-11-26/h2-11,18-20H,12-17,21H2,1H3,(H,39,43). The number of aryl methyl sites for hydroxylation is 1. The Morgan fingerprint density at radius 3 is 1.88 bits per heavy atom. The van der Waals surface area contributed by atoms with E-state index in [0.717, 1.165) is 5.69 Å². The first-order valence-electron chi connectivity index (χ1n) is 14.0. The molecule has 2 aliphatic rings. The van der Waals surface area contributed by atoms with Crippen LogP contribution < -0.4 is 10.2 Å². The summed E-state index contributed by atoms with van der Waals surface area (Å²) in [6.45, 7) is 2.83. The Kier molecular flexibility index (Phi) is 8.06. The number of halogens is 6. The van der Waals surface area contributed by atoms with Gasteiger partial charge in [-0.05, 0) is 67.6 Å². The van der Waals surface area contributed by atoms with Crippen LogP contribution in [-0.2, 0) is 33.9 Å². The average molecular weight is 604 g/mol. The largest absolute Gasteiger partial charge is 0.416 e. The predicted molar refractivity (Wildman–Crippen MR) is 149 cm³/mol. The van der Waals surface area contributed by atoms with Gasteiger partial charge in [0.1, 0.15) is 11.1 Å². The van der Waals surface area contributed by atoms with Crippen molar-refractivity contribution < 1.29 is 35.9 Å². The molecule has 1 spiro atoms. The fraction of sp³-hybridized carbons (Fsp3) is 0.375. The number of piperidine rings is 1. The first-order chi connectivity index (χ1) is 20.2. The molecule has 43 heavy (non-hydrogen) atoms. The summed E-state index contributed by atoms with van der Waals surface area (Å²) in [4.78, 5) is 31.2. The number of likely N-dealkylation sites (tertiary alicyclic amines) is 1. The highest BCUT2D eigenvalue weighted by atomic mass is 19.4. The molecule has 1 amide bonds. The van der Waals surface area contributed by atoms with Crippen molar-refractivity contribution in [3.8, 4) is 0 Å². The third-order valence-electron chi connectivity index (χ3n) is 8.80. The number of para-hydroxylation sites is 1. The van der Waals surface area contributed by atoms with E-state index in [1.165, 1.54) is 0 Å². The minimum atomic E-state index is -4.97. The average Bonchev–Trinajstić information content (AvgIpc) is 3.30. The lowest BCUT2D eigenvalue weighted by molar-refractivity contribution is -0.143. The van der Waals surface area contributed by atoms with Crippen molar-refractivity contribution in [2.75, 3.05) is 24.7 Å². The SMILES string of the molecule is CC(C(=O)CCc1cc(C(F)(F)F)cc(C(F)(F)F)c1)(c1ccccc1)N1CCC2(CC1)C(=O)NCN2c1ccccc1. The lowest BCUT2D eigenvalue weighted by Crippen LogP contribution is -2.61. The second-order valence-electron chi connectivity index (χ2n) is 11.2. The fourth-order valence-electron chi connectivity index (χ4n) is 6.30. The topological polar surface area (TPSA) is 52.7 Å². The maximum Gasteiger partial charge on any atom is 0.416 e. The number of hydrogen-bond donors (Lipinski definition) is 1. The van der Waals surface area contributed by atoms with Crippen LogP contribution >= 0.6 is 0 Å².